The number of aromatic nitrogens is 4. The fourth-order valence-corrected chi connectivity index (χ4v) is 3.97. The van der Waals surface area contributed by atoms with Crippen LogP contribution in [0.2, 0.25) is 0 Å². The minimum absolute atomic E-state index is 0.288. The minimum Gasteiger partial charge on any atom is -0.385 e. The number of rotatable bonds is 2. The molecule has 0 spiro atoms. The second-order valence-electron chi connectivity index (χ2n) is 7.58. The Bertz CT molecular complexity index is 1300. The summed E-state index contributed by atoms with van der Waals surface area (Å²) in [7, 11) is 0. The van der Waals surface area contributed by atoms with Crippen LogP contribution in [0.15, 0.2) is 47.5 Å². The van der Waals surface area contributed by atoms with Crippen LogP contribution in [0.4, 0.5) is 4.39 Å². The Kier molecular flexibility index (Phi) is 4.01. The summed E-state index contributed by atoms with van der Waals surface area (Å²) in [4.78, 5) is 21.6. The highest BCUT2D eigenvalue weighted by Gasteiger charge is 2.31. The predicted molar refractivity (Wildman–Crippen MR) is 106 cm³/mol. The Morgan fingerprint density at radius 3 is 2.66 bits per heavy atom. The quantitative estimate of drug-likeness (QED) is 0.509. The number of piperidine rings is 1. The Hall–Kier alpha value is -3.10. The van der Waals surface area contributed by atoms with Gasteiger partial charge < -0.3 is 10.4 Å². The second kappa shape index (κ2) is 6.47. The van der Waals surface area contributed by atoms with Gasteiger partial charge in [-0.1, -0.05) is 6.07 Å². The van der Waals surface area contributed by atoms with Crippen molar-refractivity contribution in [1.82, 2.24) is 24.1 Å². The molecule has 1 aliphatic heterocycles. The van der Waals surface area contributed by atoms with Gasteiger partial charge in [-0.3, -0.25) is 13.6 Å². The van der Waals surface area contributed by atoms with Crippen molar-refractivity contribution < 1.29 is 9.50 Å². The molecule has 0 radical (unpaired) electrons. The zero-order chi connectivity index (χ0) is 20.2. The van der Waals surface area contributed by atoms with E-state index in [9.17, 15) is 14.3 Å². The largest absolute Gasteiger partial charge is 0.385 e. The van der Waals surface area contributed by atoms with E-state index in [-0.39, 0.29) is 5.56 Å². The third kappa shape index (κ3) is 3.01. The molecule has 7 nitrogen and oxygen atoms in total. The van der Waals surface area contributed by atoms with E-state index >= 15 is 0 Å². The van der Waals surface area contributed by atoms with Crippen LogP contribution < -0.4 is 10.9 Å². The zero-order valence-electron chi connectivity index (χ0n) is 15.9. The summed E-state index contributed by atoms with van der Waals surface area (Å²) < 4.78 is 17.2. The fraction of sp³-hybridized carbons (Fsp3) is 0.286. The SMILES string of the molecule is Cc1cn2c(F)cc(-c3cc(=O)n4cc(C5(O)CCNCC5)ccc4n3)cc2n1. The summed E-state index contributed by atoms with van der Waals surface area (Å²) in [5, 5.41) is 14.2. The van der Waals surface area contributed by atoms with Crippen molar-refractivity contribution in [3.05, 3.63) is 70.3 Å². The third-order valence-electron chi connectivity index (χ3n) is 5.57. The van der Waals surface area contributed by atoms with Gasteiger partial charge in [-0.25, -0.2) is 9.97 Å². The number of fused-ring (bicyclic) bond motifs is 2. The van der Waals surface area contributed by atoms with E-state index in [0.717, 1.165) is 13.1 Å². The van der Waals surface area contributed by atoms with Crippen molar-refractivity contribution in [2.75, 3.05) is 13.1 Å². The smallest absolute Gasteiger partial charge is 0.258 e. The van der Waals surface area contributed by atoms with Gasteiger partial charge in [0.15, 0.2) is 5.95 Å². The highest BCUT2D eigenvalue weighted by Crippen LogP contribution is 2.30. The number of nitrogens with zero attached hydrogens (tertiary/aromatic N) is 4. The summed E-state index contributed by atoms with van der Waals surface area (Å²) in [5.74, 6) is -0.469. The Morgan fingerprint density at radius 2 is 1.86 bits per heavy atom. The lowest BCUT2D eigenvalue weighted by atomic mass is 9.86. The lowest BCUT2D eigenvalue weighted by Gasteiger charge is -2.33. The first kappa shape index (κ1) is 18.0. The number of halogens is 1. The van der Waals surface area contributed by atoms with Crippen molar-refractivity contribution in [2.45, 2.75) is 25.4 Å². The lowest BCUT2D eigenvalue weighted by Crippen LogP contribution is -2.40. The molecule has 0 unspecified atom stereocenters. The standard InChI is InChI=1S/C21H20FN5O2/c1-13-11-26-17(22)8-14(9-19(26)24-13)16-10-20(28)27-12-15(2-3-18(27)25-16)21(29)4-6-23-7-5-21/h2-3,8-12,23,29H,4-7H2,1H3. The number of hydrogen-bond acceptors (Lipinski definition) is 5. The number of aliphatic hydroxyl groups is 1. The molecule has 5 heterocycles. The van der Waals surface area contributed by atoms with Gasteiger partial charge in [0.05, 0.1) is 17.0 Å². The van der Waals surface area contributed by atoms with E-state index < -0.39 is 11.5 Å². The molecular formula is C21H20FN5O2. The zero-order valence-corrected chi connectivity index (χ0v) is 15.9. The van der Waals surface area contributed by atoms with Gasteiger partial charge in [0.2, 0.25) is 0 Å². The number of nitrogens with one attached hydrogen (secondary N) is 1. The van der Waals surface area contributed by atoms with Crippen molar-refractivity contribution >= 4 is 11.3 Å². The van der Waals surface area contributed by atoms with Gasteiger partial charge in [-0.15, -0.1) is 0 Å². The Labute approximate surface area is 165 Å². The van der Waals surface area contributed by atoms with E-state index in [1.54, 1.807) is 37.5 Å². The molecule has 29 heavy (non-hydrogen) atoms. The van der Waals surface area contributed by atoms with E-state index in [2.05, 4.69) is 15.3 Å². The van der Waals surface area contributed by atoms with Gasteiger partial charge in [0.1, 0.15) is 11.3 Å². The molecule has 148 valence electrons. The second-order valence-corrected chi connectivity index (χ2v) is 7.58. The summed E-state index contributed by atoms with van der Waals surface area (Å²) in [6.45, 7) is 3.24. The van der Waals surface area contributed by atoms with Crippen LogP contribution in [-0.2, 0) is 5.60 Å². The van der Waals surface area contributed by atoms with E-state index in [1.807, 2.05) is 0 Å². The summed E-state index contributed by atoms with van der Waals surface area (Å²) >= 11 is 0. The number of hydrogen-bond donors (Lipinski definition) is 2. The van der Waals surface area contributed by atoms with Gasteiger partial charge in [-0.05, 0) is 45.0 Å². The van der Waals surface area contributed by atoms with Crippen LogP contribution in [0.5, 0.6) is 0 Å². The molecule has 4 aromatic heterocycles. The first-order valence-corrected chi connectivity index (χ1v) is 9.56. The topological polar surface area (TPSA) is 83.9 Å². The first-order chi connectivity index (χ1) is 13.9. The highest BCUT2D eigenvalue weighted by molar-refractivity contribution is 5.66. The van der Waals surface area contributed by atoms with E-state index in [4.69, 9.17) is 0 Å². The maximum absolute atomic E-state index is 14.4. The molecule has 0 aliphatic carbocycles. The van der Waals surface area contributed by atoms with Crippen molar-refractivity contribution in [1.29, 1.82) is 0 Å². The highest BCUT2D eigenvalue weighted by atomic mass is 19.1. The van der Waals surface area contributed by atoms with Gasteiger partial charge in [0.25, 0.3) is 5.56 Å². The van der Waals surface area contributed by atoms with Crippen LogP contribution in [0.3, 0.4) is 0 Å². The maximum atomic E-state index is 14.4. The molecular weight excluding hydrogens is 373 g/mol. The molecule has 1 fully saturated rings. The van der Waals surface area contributed by atoms with Crippen molar-refractivity contribution in [2.24, 2.45) is 0 Å². The fourth-order valence-electron chi connectivity index (χ4n) is 3.97. The third-order valence-corrected chi connectivity index (χ3v) is 5.57. The molecule has 0 saturated carbocycles. The molecule has 0 aromatic carbocycles. The Morgan fingerprint density at radius 1 is 1.07 bits per heavy atom. The molecule has 1 aliphatic rings. The summed E-state index contributed by atoms with van der Waals surface area (Å²) in [6.07, 6.45) is 4.44. The van der Waals surface area contributed by atoms with E-state index in [1.165, 1.54) is 20.9 Å². The average Bonchev–Trinajstić information content (AvgIpc) is 3.09. The van der Waals surface area contributed by atoms with Gasteiger partial charge >= 0.3 is 0 Å². The first-order valence-electron chi connectivity index (χ1n) is 9.56. The van der Waals surface area contributed by atoms with Crippen LogP contribution >= 0.6 is 0 Å². The monoisotopic (exact) mass is 393 g/mol. The Balaban J connectivity index is 1.62. The average molecular weight is 393 g/mol. The minimum atomic E-state index is -0.954. The molecule has 0 amide bonds. The molecule has 4 aromatic rings. The number of aryl methyl sites for hydroxylation is 1. The van der Waals surface area contributed by atoms with Crippen LogP contribution in [-0.4, -0.2) is 37.0 Å². The van der Waals surface area contributed by atoms with Crippen molar-refractivity contribution in [3.8, 4) is 11.3 Å². The molecule has 5 rings (SSSR count). The normalized spacial score (nSPS) is 16.5. The van der Waals surface area contributed by atoms with Crippen molar-refractivity contribution in [3.63, 3.8) is 0 Å². The number of pyridine rings is 2. The lowest BCUT2D eigenvalue weighted by molar-refractivity contribution is 0.00556. The van der Waals surface area contributed by atoms with Crippen LogP contribution in [0.25, 0.3) is 22.6 Å². The molecule has 0 bridgehead atoms. The maximum Gasteiger partial charge on any atom is 0.258 e. The van der Waals surface area contributed by atoms with E-state index in [0.29, 0.717) is 46.7 Å². The molecule has 2 N–H and O–H groups in total. The summed E-state index contributed by atoms with van der Waals surface area (Å²) in [6, 6.07) is 7.96. The summed E-state index contributed by atoms with van der Waals surface area (Å²) in [5.41, 5.74) is 1.93. The van der Waals surface area contributed by atoms with Gasteiger partial charge in [0, 0.05) is 35.7 Å². The van der Waals surface area contributed by atoms with Gasteiger partial charge in [-0.2, -0.15) is 4.39 Å². The van der Waals surface area contributed by atoms with Crippen LogP contribution in [0.1, 0.15) is 24.1 Å². The molecule has 0 atom stereocenters. The molecule has 8 heteroatoms. The molecule has 1 saturated heterocycles. The van der Waals surface area contributed by atoms with Crippen LogP contribution in [0, 0.1) is 12.9 Å². The predicted octanol–water partition coefficient (Wildman–Crippen LogP) is 2.03. The number of imidazole rings is 1.